The van der Waals surface area contributed by atoms with Gasteiger partial charge in [-0.15, -0.1) is 0 Å². The molecule has 0 spiro atoms. The summed E-state index contributed by atoms with van der Waals surface area (Å²) < 4.78 is 3.05. The Kier molecular flexibility index (Phi) is 4.56. The molecule has 7 nitrogen and oxygen atoms in total. The molecule has 0 aliphatic carbocycles. The SMILES string of the molecule is CNC(=O)c1cc2c3cc([N+](=O)[O-])ccc3n(Cc3ccc(Br)cc3)c2cn1. The third kappa shape index (κ3) is 3.11. The number of carbonyl (C=O) groups excluding carboxylic acids is 1. The van der Waals surface area contributed by atoms with Gasteiger partial charge in [0.15, 0.2) is 0 Å². The second kappa shape index (κ2) is 7.05. The number of nitrogens with zero attached hydrogens (tertiary/aromatic N) is 3. The largest absolute Gasteiger partial charge is 0.354 e. The molecule has 2 aromatic carbocycles. The molecule has 0 saturated carbocycles. The quantitative estimate of drug-likeness (QED) is 0.380. The maximum absolute atomic E-state index is 12.0. The number of hydrogen-bond donors (Lipinski definition) is 1. The van der Waals surface area contributed by atoms with Crippen LogP contribution < -0.4 is 5.32 Å². The number of halogens is 1. The van der Waals surface area contributed by atoms with Crippen LogP contribution in [0.3, 0.4) is 0 Å². The fourth-order valence-electron chi connectivity index (χ4n) is 3.29. The minimum absolute atomic E-state index is 0.00787. The minimum Gasteiger partial charge on any atom is -0.354 e. The van der Waals surface area contributed by atoms with Gasteiger partial charge < -0.3 is 9.88 Å². The molecule has 8 heteroatoms. The normalized spacial score (nSPS) is 11.1. The molecule has 4 rings (SSSR count). The van der Waals surface area contributed by atoms with Gasteiger partial charge in [0.1, 0.15) is 5.69 Å². The van der Waals surface area contributed by atoms with Gasteiger partial charge in [-0.1, -0.05) is 28.1 Å². The highest BCUT2D eigenvalue weighted by Gasteiger charge is 2.17. The summed E-state index contributed by atoms with van der Waals surface area (Å²) in [5.41, 5.74) is 3.01. The number of aromatic nitrogens is 2. The summed E-state index contributed by atoms with van der Waals surface area (Å²) in [6, 6.07) is 14.4. The summed E-state index contributed by atoms with van der Waals surface area (Å²) in [5, 5.41) is 15.3. The smallest absolute Gasteiger partial charge is 0.270 e. The summed E-state index contributed by atoms with van der Waals surface area (Å²) >= 11 is 3.43. The summed E-state index contributed by atoms with van der Waals surface area (Å²) in [6.45, 7) is 0.575. The Hall–Kier alpha value is -3.26. The van der Waals surface area contributed by atoms with E-state index >= 15 is 0 Å². The fraction of sp³-hybridized carbons (Fsp3) is 0.100. The van der Waals surface area contributed by atoms with Crippen LogP contribution in [-0.4, -0.2) is 27.4 Å². The zero-order valence-electron chi connectivity index (χ0n) is 14.8. The van der Waals surface area contributed by atoms with Crippen molar-refractivity contribution in [3.05, 3.63) is 80.6 Å². The maximum Gasteiger partial charge on any atom is 0.270 e. The van der Waals surface area contributed by atoms with Gasteiger partial charge in [0.2, 0.25) is 0 Å². The van der Waals surface area contributed by atoms with Crippen LogP contribution in [0.5, 0.6) is 0 Å². The van der Waals surface area contributed by atoms with E-state index in [-0.39, 0.29) is 17.3 Å². The van der Waals surface area contributed by atoms with E-state index in [1.165, 1.54) is 13.1 Å². The third-order valence-electron chi connectivity index (χ3n) is 4.66. The molecular weight excluding hydrogens is 424 g/mol. The molecule has 4 aromatic rings. The van der Waals surface area contributed by atoms with Gasteiger partial charge in [0.25, 0.3) is 11.6 Å². The second-order valence-electron chi connectivity index (χ2n) is 6.34. The van der Waals surface area contributed by atoms with Gasteiger partial charge in [-0.2, -0.15) is 0 Å². The van der Waals surface area contributed by atoms with Crippen LogP contribution in [0.1, 0.15) is 16.1 Å². The highest BCUT2D eigenvalue weighted by molar-refractivity contribution is 9.10. The molecule has 0 aliphatic heterocycles. The van der Waals surface area contributed by atoms with Crippen LogP contribution in [0, 0.1) is 10.1 Å². The monoisotopic (exact) mass is 438 g/mol. The number of nitro benzene ring substituents is 1. The molecule has 0 saturated heterocycles. The highest BCUT2D eigenvalue weighted by atomic mass is 79.9. The van der Waals surface area contributed by atoms with Crippen molar-refractivity contribution in [3.63, 3.8) is 0 Å². The molecule has 2 aromatic heterocycles. The maximum atomic E-state index is 12.0. The van der Waals surface area contributed by atoms with E-state index in [0.717, 1.165) is 26.5 Å². The first-order valence-electron chi connectivity index (χ1n) is 8.51. The second-order valence-corrected chi connectivity index (χ2v) is 7.25. The van der Waals surface area contributed by atoms with E-state index in [1.54, 1.807) is 24.4 Å². The Morgan fingerprint density at radius 3 is 2.54 bits per heavy atom. The van der Waals surface area contributed by atoms with Crippen LogP contribution in [0.25, 0.3) is 21.8 Å². The van der Waals surface area contributed by atoms with E-state index in [2.05, 4.69) is 30.8 Å². The average molecular weight is 439 g/mol. The first-order chi connectivity index (χ1) is 13.5. The van der Waals surface area contributed by atoms with Crippen molar-refractivity contribution in [1.29, 1.82) is 0 Å². The van der Waals surface area contributed by atoms with Crippen molar-refractivity contribution < 1.29 is 9.72 Å². The lowest BCUT2D eigenvalue weighted by Gasteiger charge is -2.08. The molecule has 0 atom stereocenters. The van der Waals surface area contributed by atoms with E-state index < -0.39 is 4.92 Å². The number of pyridine rings is 1. The fourth-order valence-corrected chi connectivity index (χ4v) is 3.56. The summed E-state index contributed by atoms with van der Waals surface area (Å²) in [4.78, 5) is 27.1. The van der Waals surface area contributed by atoms with Gasteiger partial charge in [-0.3, -0.25) is 14.9 Å². The number of non-ortho nitro benzene ring substituents is 1. The highest BCUT2D eigenvalue weighted by Crippen LogP contribution is 2.32. The number of benzene rings is 2. The van der Waals surface area contributed by atoms with E-state index in [0.29, 0.717) is 11.9 Å². The third-order valence-corrected chi connectivity index (χ3v) is 5.19. The van der Waals surface area contributed by atoms with Gasteiger partial charge in [-0.25, -0.2) is 4.98 Å². The molecule has 140 valence electrons. The Balaban J connectivity index is 1.97. The van der Waals surface area contributed by atoms with Crippen LogP contribution in [0.2, 0.25) is 0 Å². The van der Waals surface area contributed by atoms with Crippen molar-refractivity contribution in [2.24, 2.45) is 0 Å². The van der Waals surface area contributed by atoms with Crippen LogP contribution in [0.4, 0.5) is 5.69 Å². The predicted molar refractivity (Wildman–Crippen MR) is 111 cm³/mol. The number of rotatable bonds is 4. The zero-order chi connectivity index (χ0) is 19.8. The van der Waals surface area contributed by atoms with Crippen molar-refractivity contribution >= 4 is 49.3 Å². The minimum atomic E-state index is -0.418. The number of nitrogens with one attached hydrogen (secondary N) is 1. The Morgan fingerprint density at radius 1 is 1.14 bits per heavy atom. The summed E-state index contributed by atoms with van der Waals surface area (Å²) in [5.74, 6) is -0.304. The van der Waals surface area contributed by atoms with Crippen molar-refractivity contribution in [2.75, 3.05) is 7.05 Å². The van der Waals surface area contributed by atoms with Gasteiger partial charge in [0, 0.05) is 46.5 Å². The lowest BCUT2D eigenvalue weighted by molar-refractivity contribution is -0.384. The van der Waals surface area contributed by atoms with E-state index in [9.17, 15) is 14.9 Å². The number of hydrogen-bond acceptors (Lipinski definition) is 4. The average Bonchev–Trinajstić information content (AvgIpc) is 3.01. The summed E-state index contributed by atoms with van der Waals surface area (Å²) in [6.07, 6.45) is 1.64. The predicted octanol–water partition coefficient (Wildman–Crippen LogP) is 4.27. The van der Waals surface area contributed by atoms with Crippen LogP contribution in [-0.2, 0) is 6.54 Å². The Bertz CT molecular complexity index is 1230. The lowest BCUT2D eigenvalue weighted by atomic mass is 10.1. The lowest BCUT2D eigenvalue weighted by Crippen LogP contribution is -2.19. The van der Waals surface area contributed by atoms with Crippen LogP contribution in [0.15, 0.2) is 59.2 Å². The standard InChI is InChI=1S/C20H15BrN4O3/c1-22-20(26)17-9-16-15-8-14(25(27)28)6-7-18(15)24(19(16)10-23-17)11-12-2-4-13(21)5-3-12/h2-10H,11H2,1H3,(H,22,26). The molecule has 0 fully saturated rings. The topological polar surface area (TPSA) is 90.1 Å². The molecule has 1 N–H and O–H groups in total. The molecule has 0 bridgehead atoms. The molecular formula is C20H15BrN4O3. The molecule has 1 amide bonds. The van der Waals surface area contributed by atoms with Gasteiger partial charge in [-0.05, 0) is 29.8 Å². The summed E-state index contributed by atoms with van der Waals surface area (Å²) in [7, 11) is 1.54. The van der Waals surface area contributed by atoms with Gasteiger partial charge in [0.05, 0.1) is 16.6 Å². The number of fused-ring (bicyclic) bond motifs is 3. The first kappa shape index (κ1) is 18.1. The molecule has 2 heterocycles. The van der Waals surface area contributed by atoms with E-state index in [1.807, 2.05) is 24.3 Å². The Morgan fingerprint density at radius 2 is 1.86 bits per heavy atom. The van der Waals surface area contributed by atoms with Crippen molar-refractivity contribution in [2.45, 2.75) is 6.54 Å². The Labute approximate surface area is 168 Å². The first-order valence-corrected chi connectivity index (χ1v) is 9.30. The number of nitro groups is 1. The zero-order valence-corrected chi connectivity index (χ0v) is 16.4. The van der Waals surface area contributed by atoms with Crippen LogP contribution >= 0.6 is 15.9 Å². The van der Waals surface area contributed by atoms with Gasteiger partial charge >= 0.3 is 0 Å². The molecule has 0 aliphatic rings. The molecule has 0 radical (unpaired) electrons. The van der Waals surface area contributed by atoms with Crippen molar-refractivity contribution in [3.8, 4) is 0 Å². The molecule has 28 heavy (non-hydrogen) atoms. The van der Waals surface area contributed by atoms with Crippen molar-refractivity contribution in [1.82, 2.24) is 14.9 Å². The van der Waals surface area contributed by atoms with E-state index in [4.69, 9.17) is 0 Å². The number of carbonyl (C=O) groups is 1. The number of amides is 1. The molecule has 0 unspecified atom stereocenters.